The summed E-state index contributed by atoms with van der Waals surface area (Å²) >= 11 is 0. The van der Waals surface area contributed by atoms with Crippen molar-refractivity contribution >= 4 is 0 Å². The van der Waals surface area contributed by atoms with Gasteiger partial charge in [-0.1, -0.05) is 0 Å². The molecule has 11 heavy (non-hydrogen) atoms. The Bertz CT molecular complexity index is 154. The Kier molecular flexibility index (Phi) is 1.67. The van der Waals surface area contributed by atoms with Crippen LogP contribution in [0.1, 0.15) is 12.8 Å². The summed E-state index contributed by atoms with van der Waals surface area (Å²) in [5.74, 6) is 0.567. The first-order chi connectivity index (χ1) is 5.24. The summed E-state index contributed by atoms with van der Waals surface area (Å²) in [5.41, 5.74) is 5.77. The van der Waals surface area contributed by atoms with Gasteiger partial charge in [0.05, 0.1) is 12.1 Å². The maximum atomic E-state index is 9.12. The fraction of sp³-hybridized carbons (Fsp3) is 1.00. The van der Waals surface area contributed by atoms with Gasteiger partial charge in [-0.05, 0) is 31.8 Å². The van der Waals surface area contributed by atoms with Crippen LogP contribution in [0.2, 0.25) is 0 Å². The highest BCUT2D eigenvalue weighted by Crippen LogP contribution is 2.33. The molecule has 3 N–H and O–H groups in total. The van der Waals surface area contributed by atoms with E-state index in [1.54, 1.807) is 0 Å². The molecule has 0 aromatic rings. The van der Waals surface area contributed by atoms with Crippen molar-refractivity contribution in [3.63, 3.8) is 0 Å². The predicted molar refractivity (Wildman–Crippen MR) is 43.2 cm³/mol. The van der Waals surface area contributed by atoms with Crippen molar-refractivity contribution in [2.24, 2.45) is 11.7 Å². The SMILES string of the molecule is N[C@]1(CO)CN2CCC1CC2. The summed E-state index contributed by atoms with van der Waals surface area (Å²) in [7, 11) is 0. The first kappa shape index (κ1) is 7.53. The molecular formula is C8H16N2O. The van der Waals surface area contributed by atoms with Gasteiger partial charge < -0.3 is 15.7 Å². The molecule has 3 saturated heterocycles. The molecule has 3 nitrogen and oxygen atoms in total. The molecule has 3 heterocycles. The molecular weight excluding hydrogens is 140 g/mol. The molecule has 0 amide bonds. The summed E-state index contributed by atoms with van der Waals surface area (Å²) in [6, 6.07) is 0. The number of rotatable bonds is 1. The Hall–Kier alpha value is -0.120. The Morgan fingerprint density at radius 1 is 1.45 bits per heavy atom. The molecule has 3 rings (SSSR count). The van der Waals surface area contributed by atoms with Gasteiger partial charge in [0.2, 0.25) is 0 Å². The van der Waals surface area contributed by atoms with E-state index >= 15 is 0 Å². The van der Waals surface area contributed by atoms with Crippen LogP contribution in [0.3, 0.4) is 0 Å². The van der Waals surface area contributed by atoms with Gasteiger partial charge in [-0.25, -0.2) is 0 Å². The monoisotopic (exact) mass is 156 g/mol. The second kappa shape index (κ2) is 2.44. The lowest BCUT2D eigenvalue weighted by Gasteiger charge is -2.50. The normalized spacial score (nSPS) is 49.6. The number of hydrogen-bond acceptors (Lipinski definition) is 3. The number of nitrogens with two attached hydrogens (primary N) is 1. The van der Waals surface area contributed by atoms with E-state index in [0.717, 1.165) is 6.54 Å². The minimum Gasteiger partial charge on any atom is -0.394 e. The molecule has 0 aliphatic carbocycles. The zero-order valence-corrected chi connectivity index (χ0v) is 6.79. The van der Waals surface area contributed by atoms with Crippen molar-refractivity contribution < 1.29 is 5.11 Å². The van der Waals surface area contributed by atoms with Crippen molar-refractivity contribution in [2.45, 2.75) is 18.4 Å². The van der Waals surface area contributed by atoms with Crippen LogP contribution >= 0.6 is 0 Å². The van der Waals surface area contributed by atoms with Crippen LogP contribution in [-0.4, -0.2) is 41.8 Å². The standard InChI is InChI=1S/C8H16N2O/c9-8(6-11)5-10-3-1-7(8)2-4-10/h7,11H,1-6,9H2/t8-/m0/s1. The Morgan fingerprint density at radius 3 is 2.36 bits per heavy atom. The van der Waals surface area contributed by atoms with Crippen molar-refractivity contribution in [1.29, 1.82) is 0 Å². The summed E-state index contributed by atoms with van der Waals surface area (Å²) in [4.78, 5) is 2.36. The zero-order chi connectivity index (χ0) is 7.90. The van der Waals surface area contributed by atoms with Gasteiger partial charge >= 0.3 is 0 Å². The molecule has 3 heteroatoms. The van der Waals surface area contributed by atoms with Gasteiger partial charge in [-0.15, -0.1) is 0 Å². The third-order valence-corrected chi connectivity index (χ3v) is 3.21. The van der Waals surface area contributed by atoms with Gasteiger partial charge in [0, 0.05) is 6.54 Å². The van der Waals surface area contributed by atoms with E-state index in [9.17, 15) is 0 Å². The minimum atomic E-state index is -0.281. The molecule has 3 fully saturated rings. The van der Waals surface area contributed by atoms with Crippen molar-refractivity contribution in [1.82, 2.24) is 4.90 Å². The molecule has 0 unspecified atom stereocenters. The molecule has 2 bridgehead atoms. The van der Waals surface area contributed by atoms with Gasteiger partial charge in [0.15, 0.2) is 0 Å². The molecule has 0 saturated carbocycles. The topological polar surface area (TPSA) is 49.5 Å². The molecule has 0 aromatic heterocycles. The van der Waals surface area contributed by atoms with Crippen LogP contribution in [-0.2, 0) is 0 Å². The number of hydrogen-bond donors (Lipinski definition) is 2. The van der Waals surface area contributed by atoms with E-state index in [-0.39, 0.29) is 12.1 Å². The van der Waals surface area contributed by atoms with E-state index in [1.165, 1.54) is 25.9 Å². The molecule has 1 atom stereocenters. The van der Waals surface area contributed by atoms with E-state index < -0.39 is 0 Å². The maximum absolute atomic E-state index is 9.12. The number of aliphatic hydroxyl groups excluding tert-OH is 1. The second-order valence-electron chi connectivity index (χ2n) is 3.94. The molecule has 3 aliphatic heterocycles. The van der Waals surface area contributed by atoms with Crippen LogP contribution in [0.15, 0.2) is 0 Å². The molecule has 64 valence electrons. The lowest BCUT2D eigenvalue weighted by molar-refractivity contribution is -0.00274. The van der Waals surface area contributed by atoms with Crippen molar-refractivity contribution in [3.8, 4) is 0 Å². The van der Waals surface area contributed by atoms with Crippen LogP contribution < -0.4 is 5.73 Å². The highest BCUT2D eigenvalue weighted by molar-refractivity contribution is 5.01. The summed E-state index contributed by atoms with van der Waals surface area (Å²) in [6.45, 7) is 3.41. The van der Waals surface area contributed by atoms with E-state index in [2.05, 4.69) is 4.90 Å². The lowest BCUT2D eigenvalue weighted by Crippen LogP contribution is -2.65. The van der Waals surface area contributed by atoms with Crippen molar-refractivity contribution in [2.75, 3.05) is 26.2 Å². The minimum absolute atomic E-state index is 0.147. The predicted octanol–water partition coefficient (Wildman–Crippen LogP) is -0.598. The Balaban J connectivity index is 2.13. The fourth-order valence-electron chi connectivity index (χ4n) is 2.39. The van der Waals surface area contributed by atoms with E-state index in [1.807, 2.05) is 0 Å². The van der Waals surface area contributed by atoms with Gasteiger partial charge in [-0.3, -0.25) is 0 Å². The van der Waals surface area contributed by atoms with Crippen LogP contribution in [0.25, 0.3) is 0 Å². The highest BCUT2D eigenvalue weighted by atomic mass is 16.3. The third-order valence-electron chi connectivity index (χ3n) is 3.21. The Labute approximate surface area is 67.2 Å². The Morgan fingerprint density at radius 2 is 2.09 bits per heavy atom. The number of fused-ring (bicyclic) bond motifs is 3. The van der Waals surface area contributed by atoms with Gasteiger partial charge in [-0.2, -0.15) is 0 Å². The first-order valence-electron chi connectivity index (χ1n) is 4.37. The average molecular weight is 156 g/mol. The van der Waals surface area contributed by atoms with Crippen LogP contribution in [0, 0.1) is 5.92 Å². The lowest BCUT2D eigenvalue weighted by atomic mass is 9.74. The second-order valence-corrected chi connectivity index (χ2v) is 3.94. The van der Waals surface area contributed by atoms with E-state index in [0.29, 0.717) is 5.92 Å². The maximum Gasteiger partial charge on any atom is 0.0626 e. The summed E-state index contributed by atoms with van der Waals surface area (Å²) in [6.07, 6.45) is 2.36. The number of nitrogens with zero attached hydrogens (tertiary/aromatic N) is 1. The van der Waals surface area contributed by atoms with E-state index in [4.69, 9.17) is 10.8 Å². The molecule has 0 spiro atoms. The summed E-state index contributed by atoms with van der Waals surface area (Å²) in [5, 5.41) is 9.12. The molecule has 0 radical (unpaired) electrons. The van der Waals surface area contributed by atoms with Gasteiger partial charge in [0.1, 0.15) is 0 Å². The fourth-order valence-corrected chi connectivity index (χ4v) is 2.39. The zero-order valence-electron chi connectivity index (χ0n) is 6.79. The smallest absolute Gasteiger partial charge is 0.0626 e. The molecule has 3 aliphatic rings. The van der Waals surface area contributed by atoms with Crippen LogP contribution in [0.5, 0.6) is 0 Å². The largest absolute Gasteiger partial charge is 0.394 e. The number of aliphatic hydroxyl groups is 1. The highest BCUT2D eigenvalue weighted by Gasteiger charge is 2.43. The average Bonchev–Trinajstić information content (AvgIpc) is 2.06. The van der Waals surface area contributed by atoms with Crippen molar-refractivity contribution in [3.05, 3.63) is 0 Å². The summed E-state index contributed by atoms with van der Waals surface area (Å²) < 4.78 is 0. The van der Waals surface area contributed by atoms with Crippen LogP contribution in [0.4, 0.5) is 0 Å². The van der Waals surface area contributed by atoms with Gasteiger partial charge in [0.25, 0.3) is 0 Å². The quantitative estimate of drug-likeness (QED) is 0.533. The number of piperidine rings is 3. The first-order valence-corrected chi connectivity index (χ1v) is 4.37. The third kappa shape index (κ3) is 1.08. The molecule has 0 aromatic carbocycles.